The van der Waals surface area contributed by atoms with E-state index >= 15 is 0 Å². The fourth-order valence-electron chi connectivity index (χ4n) is 9.60. The van der Waals surface area contributed by atoms with Crippen molar-refractivity contribution in [2.45, 2.75) is 5.41 Å². The normalized spacial score (nSPS) is 14.0. The molecule has 0 saturated carbocycles. The van der Waals surface area contributed by atoms with Crippen molar-refractivity contribution in [1.82, 2.24) is 15.0 Å². The van der Waals surface area contributed by atoms with Crippen molar-refractivity contribution in [3.8, 4) is 78.7 Å². The Balaban J connectivity index is 0.975. The van der Waals surface area contributed by atoms with Crippen molar-refractivity contribution in [2.24, 2.45) is 0 Å². The number of rotatable bonds is 8. The van der Waals surface area contributed by atoms with E-state index in [1.54, 1.807) is 0 Å². The first-order chi connectivity index (χ1) is 31.7. The van der Waals surface area contributed by atoms with E-state index in [1.807, 2.05) is 66.7 Å². The first-order valence-corrected chi connectivity index (χ1v) is 21.7. The van der Waals surface area contributed by atoms with E-state index in [9.17, 15) is 0 Å². The lowest BCUT2D eigenvalue weighted by Crippen LogP contribution is -2.28. The van der Waals surface area contributed by atoms with E-state index in [1.165, 1.54) is 27.8 Å². The van der Waals surface area contributed by atoms with Gasteiger partial charge in [0.25, 0.3) is 0 Å². The minimum absolute atomic E-state index is 0.615. The van der Waals surface area contributed by atoms with Crippen LogP contribution in [-0.2, 0) is 5.41 Å². The Morgan fingerprint density at radius 1 is 0.312 bits per heavy atom. The largest absolute Gasteiger partial charge is 0.436 e. The summed E-state index contributed by atoms with van der Waals surface area (Å²) in [6.45, 7) is 0. The van der Waals surface area contributed by atoms with Crippen LogP contribution in [0.1, 0.15) is 22.3 Å². The molecule has 0 N–H and O–H groups in total. The monoisotopic (exact) mass is 817 g/mol. The zero-order valence-corrected chi connectivity index (χ0v) is 34.8. The van der Waals surface area contributed by atoms with Crippen LogP contribution in [-0.4, -0.2) is 15.0 Å². The van der Waals surface area contributed by atoms with Gasteiger partial charge in [0.1, 0.15) is 5.52 Å². The third kappa shape index (κ3) is 6.35. The zero-order chi connectivity index (χ0) is 42.5. The summed E-state index contributed by atoms with van der Waals surface area (Å²) < 4.78 is 6.53. The number of benzene rings is 9. The second kappa shape index (κ2) is 15.5. The van der Waals surface area contributed by atoms with Gasteiger partial charge in [0.15, 0.2) is 11.4 Å². The molecule has 12 rings (SSSR count). The predicted octanol–water partition coefficient (Wildman–Crippen LogP) is 15.0. The molecular formula is C60H39N3O. The number of oxazole rings is 1. The number of fused-ring (bicyclic) bond motifs is 4. The van der Waals surface area contributed by atoms with Crippen LogP contribution in [0.5, 0.6) is 0 Å². The standard InChI is InChI=1S/C60H39N3O/c1-5-17-40(18-6-1)55-39-56(41-19-7-2-8-20-41)62-58(61-55)47-26-16-25-45(36-47)43-23-15-24-44(35-43)46-31-33-51-50-29-13-14-30-52(50)60(53(51)37-46,48-27-11-4-12-28-48)49-32-34-54-57(38-49)64-59(63-54)42-21-9-3-10-22-42/h1-39H. The number of hydrogen-bond acceptors (Lipinski definition) is 4. The molecule has 1 aliphatic rings. The second-order valence-corrected chi connectivity index (χ2v) is 16.3. The molecule has 2 aromatic heterocycles. The van der Waals surface area contributed by atoms with Crippen LogP contribution in [0, 0.1) is 0 Å². The van der Waals surface area contributed by atoms with Crippen LogP contribution in [0.15, 0.2) is 241 Å². The van der Waals surface area contributed by atoms with Crippen molar-refractivity contribution in [2.75, 3.05) is 0 Å². The Bertz CT molecular complexity index is 3430. The van der Waals surface area contributed by atoms with Gasteiger partial charge in [-0.1, -0.05) is 188 Å². The Labute approximate surface area is 371 Å². The van der Waals surface area contributed by atoms with Crippen molar-refractivity contribution in [3.05, 3.63) is 259 Å². The smallest absolute Gasteiger partial charge is 0.227 e. The Morgan fingerprint density at radius 2 is 0.828 bits per heavy atom. The molecule has 11 aromatic rings. The highest BCUT2D eigenvalue weighted by Crippen LogP contribution is 2.57. The Morgan fingerprint density at radius 3 is 1.48 bits per heavy atom. The lowest BCUT2D eigenvalue weighted by Gasteiger charge is -2.34. The van der Waals surface area contributed by atoms with Crippen molar-refractivity contribution in [3.63, 3.8) is 0 Å². The zero-order valence-electron chi connectivity index (χ0n) is 34.8. The average Bonchev–Trinajstić information content (AvgIpc) is 3.95. The predicted molar refractivity (Wildman–Crippen MR) is 260 cm³/mol. The Hall–Kier alpha value is -8.47. The molecule has 0 radical (unpaired) electrons. The first-order valence-electron chi connectivity index (χ1n) is 21.7. The molecule has 64 heavy (non-hydrogen) atoms. The molecule has 1 aliphatic carbocycles. The third-order valence-corrected chi connectivity index (χ3v) is 12.6. The minimum atomic E-state index is -0.615. The summed E-state index contributed by atoms with van der Waals surface area (Å²) in [5.74, 6) is 1.31. The summed E-state index contributed by atoms with van der Waals surface area (Å²) in [5.41, 5.74) is 18.5. The lowest BCUT2D eigenvalue weighted by molar-refractivity contribution is 0.618. The highest BCUT2D eigenvalue weighted by molar-refractivity contribution is 5.90. The molecule has 0 spiro atoms. The van der Waals surface area contributed by atoms with E-state index in [2.05, 4.69) is 170 Å². The molecule has 0 fully saturated rings. The average molecular weight is 818 g/mol. The molecule has 300 valence electrons. The van der Waals surface area contributed by atoms with Crippen LogP contribution in [0.3, 0.4) is 0 Å². The number of nitrogens with zero attached hydrogens (tertiary/aromatic N) is 3. The van der Waals surface area contributed by atoms with E-state index in [4.69, 9.17) is 19.4 Å². The molecule has 4 heteroatoms. The molecule has 1 atom stereocenters. The fraction of sp³-hybridized carbons (Fsp3) is 0.0167. The molecule has 0 bridgehead atoms. The molecular weight excluding hydrogens is 779 g/mol. The summed E-state index contributed by atoms with van der Waals surface area (Å²) in [6, 6.07) is 83.6. The molecule has 9 aromatic carbocycles. The SMILES string of the molecule is c1ccc(-c2cc(-c3ccccc3)nc(-c3cccc(-c4cccc(-c5ccc6c(c5)C(c5ccccc5)(c5ccc7nc(-c8ccccc8)oc7c5)c5ccccc5-6)c4)c3)n2)cc1. The highest BCUT2D eigenvalue weighted by Gasteiger charge is 2.46. The molecule has 0 aliphatic heterocycles. The van der Waals surface area contributed by atoms with Gasteiger partial charge in [0.2, 0.25) is 5.89 Å². The molecule has 4 nitrogen and oxygen atoms in total. The van der Waals surface area contributed by atoms with Gasteiger partial charge in [-0.05, 0) is 104 Å². The second-order valence-electron chi connectivity index (χ2n) is 16.3. The van der Waals surface area contributed by atoms with Crippen LogP contribution in [0.2, 0.25) is 0 Å². The van der Waals surface area contributed by atoms with E-state index < -0.39 is 5.41 Å². The number of aromatic nitrogens is 3. The van der Waals surface area contributed by atoms with Crippen LogP contribution < -0.4 is 0 Å². The minimum Gasteiger partial charge on any atom is -0.436 e. The van der Waals surface area contributed by atoms with Gasteiger partial charge in [0.05, 0.1) is 16.8 Å². The summed E-state index contributed by atoms with van der Waals surface area (Å²) >= 11 is 0. The summed E-state index contributed by atoms with van der Waals surface area (Å²) in [7, 11) is 0. The van der Waals surface area contributed by atoms with Crippen LogP contribution >= 0.6 is 0 Å². The van der Waals surface area contributed by atoms with Gasteiger partial charge in [-0.25, -0.2) is 15.0 Å². The third-order valence-electron chi connectivity index (χ3n) is 12.6. The van der Waals surface area contributed by atoms with Crippen molar-refractivity contribution < 1.29 is 4.42 Å². The summed E-state index contributed by atoms with van der Waals surface area (Å²) in [4.78, 5) is 15.2. The van der Waals surface area contributed by atoms with Crippen LogP contribution in [0.25, 0.3) is 89.8 Å². The van der Waals surface area contributed by atoms with E-state index in [0.29, 0.717) is 11.7 Å². The summed E-state index contributed by atoms with van der Waals surface area (Å²) in [5, 5.41) is 0. The van der Waals surface area contributed by atoms with Gasteiger partial charge < -0.3 is 4.42 Å². The van der Waals surface area contributed by atoms with Gasteiger partial charge in [0, 0.05) is 22.3 Å². The lowest BCUT2D eigenvalue weighted by atomic mass is 9.67. The van der Waals surface area contributed by atoms with Crippen molar-refractivity contribution in [1.29, 1.82) is 0 Å². The Kier molecular flexibility index (Phi) is 9.01. The molecule has 0 amide bonds. The van der Waals surface area contributed by atoms with Crippen LogP contribution in [0.4, 0.5) is 0 Å². The quantitative estimate of drug-likeness (QED) is 0.153. The molecule has 2 heterocycles. The highest BCUT2D eigenvalue weighted by atomic mass is 16.3. The first kappa shape index (κ1) is 37.3. The van der Waals surface area contributed by atoms with E-state index in [-0.39, 0.29) is 0 Å². The van der Waals surface area contributed by atoms with Gasteiger partial charge in [-0.3, -0.25) is 0 Å². The van der Waals surface area contributed by atoms with Gasteiger partial charge in [-0.15, -0.1) is 0 Å². The summed E-state index contributed by atoms with van der Waals surface area (Å²) in [6.07, 6.45) is 0. The maximum atomic E-state index is 6.53. The number of hydrogen-bond donors (Lipinski definition) is 0. The van der Waals surface area contributed by atoms with Gasteiger partial charge in [-0.2, -0.15) is 0 Å². The molecule has 1 unspecified atom stereocenters. The van der Waals surface area contributed by atoms with E-state index in [0.717, 1.165) is 72.6 Å². The maximum absolute atomic E-state index is 6.53. The molecule has 0 saturated heterocycles. The topological polar surface area (TPSA) is 51.8 Å². The fourth-order valence-corrected chi connectivity index (χ4v) is 9.60. The van der Waals surface area contributed by atoms with Gasteiger partial charge >= 0.3 is 0 Å². The maximum Gasteiger partial charge on any atom is 0.227 e. The van der Waals surface area contributed by atoms with Crippen molar-refractivity contribution >= 4 is 11.1 Å².